The SMILES string of the molecule is Cc1ccc(C(=O)[O-])cc1NC(=O)c1ncn(-c2ccccc2)n1. The van der Waals surface area contributed by atoms with E-state index in [1.54, 1.807) is 13.0 Å². The number of benzene rings is 2. The van der Waals surface area contributed by atoms with Crippen LogP contribution in [0.15, 0.2) is 54.9 Å². The number of aryl methyl sites for hydroxylation is 1. The van der Waals surface area contributed by atoms with E-state index in [0.29, 0.717) is 5.69 Å². The molecule has 7 heteroatoms. The van der Waals surface area contributed by atoms with Crippen LogP contribution in [-0.4, -0.2) is 26.6 Å². The summed E-state index contributed by atoms with van der Waals surface area (Å²) in [6, 6.07) is 13.6. The van der Waals surface area contributed by atoms with Gasteiger partial charge in [0.2, 0.25) is 5.82 Å². The van der Waals surface area contributed by atoms with Crippen molar-refractivity contribution in [2.24, 2.45) is 0 Å². The molecule has 2 aromatic carbocycles. The Morgan fingerprint density at radius 2 is 1.88 bits per heavy atom. The molecule has 0 atom stereocenters. The number of nitrogens with zero attached hydrogens (tertiary/aromatic N) is 3. The normalized spacial score (nSPS) is 10.4. The van der Waals surface area contributed by atoms with Gasteiger partial charge < -0.3 is 15.2 Å². The standard InChI is InChI=1S/C17H14N4O3/c1-11-7-8-12(17(23)24)9-14(11)19-16(22)15-18-10-21(20-15)13-5-3-2-4-6-13/h2-10H,1H3,(H,19,22)(H,23,24)/p-1. The number of hydrogen-bond acceptors (Lipinski definition) is 5. The molecule has 0 fully saturated rings. The molecule has 0 aliphatic carbocycles. The molecule has 3 aromatic rings. The Morgan fingerprint density at radius 3 is 2.58 bits per heavy atom. The summed E-state index contributed by atoms with van der Waals surface area (Å²) in [7, 11) is 0. The minimum atomic E-state index is -1.31. The zero-order valence-electron chi connectivity index (χ0n) is 12.8. The molecule has 0 radical (unpaired) electrons. The fourth-order valence-corrected chi connectivity index (χ4v) is 2.13. The van der Waals surface area contributed by atoms with Crippen LogP contribution in [0.2, 0.25) is 0 Å². The highest BCUT2D eigenvalue weighted by Gasteiger charge is 2.14. The van der Waals surface area contributed by atoms with Gasteiger partial charge in [0.25, 0.3) is 5.91 Å². The summed E-state index contributed by atoms with van der Waals surface area (Å²) in [6.45, 7) is 1.75. The maximum atomic E-state index is 12.3. The van der Waals surface area contributed by atoms with Crippen molar-refractivity contribution in [3.05, 3.63) is 71.8 Å². The molecule has 3 rings (SSSR count). The van der Waals surface area contributed by atoms with Crippen molar-refractivity contribution in [3.8, 4) is 5.69 Å². The molecule has 0 unspecified atom stereocenters. The van der Waals surface area contributed by atoms with E-state index < -0.39 is 11.9 Å². The lowest BCUT2D eigenvalue weighted by atomic mass is 10.1. The number of aromatic nitrogens is 3. The third kappa shape index (κ3) is 3.14. The van der Waals surface area contributed by atoms with Crippen LogP contribution < -0.4 is 10.4 Å². The average Bonchev–Trinajstić information content (AvgIpc) is 3.07. The van der Waals surface area contributed by atoms with Crippen LogP contribution in [0, 0.1) is 6.92 Å². The molecule has 1 N–H and O–H groups in total. The van der Waals surface area contributed by atoms with E-state index in [9.17, 15) is 14.7 Å². The Kier molecular flexibility index (Phi) is 4.07. The topological polar surface area (TPSA) is 99.9 Å². The number of carboxylic acid groups (broad SMARTS) is 1. The van der Waals surface area contributed by atoms with Gasteiger partial charge in [-0.15, -0.1) is 5.10 Å². The highest BCUT2D eigenvalue weighted by Crippen LogP contribution is 2.17. The molecule has 24 heavy (non-hydrogen) atoms. The fraction of sp³-hybridized carbons (Fsp3) is 0.0588. The monoisotopic (exact) mass is 321 g/mol. The van der Waals surface area contributed by atoms with E-state index >= 15 is 0 Å². The first-order valence-corrected chi connectivity index (χ1v) is 7.15. The second-order valence-corrected chi connectivity index (χ2v) is 5.12. The maximum Gasteiger partial charge on any atom is 0.295 e. The zero-order chi connectivity index (χ0) is 17.1. The van der Waals surface area contributed by atoms with Gasteiger partial charge in [0, 0.05) is 5.69 Å². The van der Waals surface area contributed by atoms with Gasteiger partial charge in [-0.25, -0.2) is 9.67 Å². The Balaban J connectivity index is 1.82. The fourth-order valence-electron chi connectivity index (χ4n) is 2.13. The minimum Gasteiger partial charge on any atom is -0.545 e. The summed E-state index contributed by atoms with van der Waals surface area (Å²) in [5.74, 6) is -1.85. The van der Waals surface area contributed by atoms with Crippen LogP contribution in [-0.2, 0) is 0 Å². The summed E-state index contributed by atoms with van der Waals surface area (Å²) in [5.41, 5.74) is 1.85. The number of amides is 1. The van der Waals surface area contributed by atoms with Gasteiger partial charge in [0.1, 0.15) is 6.33 Å². The van der Waals surface area contributed by atoms with Gasteiger partial charge >= 0.3 is 0 Å². The van der Waals surface area contributed by atoms with Crippen molar-refractivity contribution in [1.82, 2.24) is 14.8 Å². The number of para-hydroxylation sites is 1. The Bertz CT molecular complexity index is 903. The highest BCUT2D eigenvalue weighted by atomic mass is 16.4. The lowest BCUT2D eigenvalue weighted by molar-refractivity contribution is -0.255. The third-order valence-electron chi connectivity index (χ3n) is 3.44. The molecule has 0 spiro atoms. The van der Waals surface area contributed by atoms with Crippen LogP contribution in [0.3, 0.4) is 0 Å². The lowest BCUT2D eigenvalue weighted by Gasteiger charge is -2.10. The summed E-state index contributed by atoms with van der Waals surface area (Å²) >= 11 is 0. The van der Waals surface area contributed by atoms with Gasteiger partial charge in [-0.05, 0) is 36.2 Å². The molecule has 0 aliphatic heterocycles. The summed E-state index contributed by atoms with van der Waals surface area (Å²) in [4.78, 5) is 27.2. The summed E-state index contributed by atoms with van der Waals surface area (Å²) < 4.78 is 1.49. The molecule has 120 valence electrons. The smallest absolute Gasteiger partial charge is 0.295 e. The number of anilines is 1. The van der Waals surface area contributed by atoms with Crippen LogP contribution in [0.1, 0.15) is 26.5 Å². The van der Waals surface area contributed by atoms with Crippen molar-refractivity contribution in [2.45, 2.75) is 6.92 Å². The van der Waals surface area contributed by atoms with Gasteiger partial charge in [0.05, 0.1) is 11.7 Å². The van der Waals surface area contributed by atoms with Gasteiger partial charge in [-0.3, -0.25) is 4.79 Å². The first-order valence-electron chi connectivity index (χ1n) is 7.15. The van der Waals surface area contributed by atoms with Crippen LogP contribution in [0.4, 0.5) is 5.69 Å². The molecule has 1 aromatic heterocycles. The molecule has 7 nitrogen and oxygen atoms in total. The Hall–Kier alpha value is -3.48. The number of carboxylic acids is 1. The number of carbonyl (C=O) groups is 2. The molecule has 0 aliphatic rings. The van der Waals surface area contributed by atoms with Crippen molar-refractivity contribution >= 4 is 17.6 Å². The van der Waals surface area contributed by atoms with Gasteiger partial charge in [-0.1, -0.05) is 30.3 Å². The van der Waals surface area contributed by atoms with Crippen molar-refractivity contribution in [1.29, 1.82) is 0 Å². The zero-order valence-corrected chi connectivity index (χ0v) is 12.8. The molecular weight excluding hydrogens is 308 g/mol. The molecule has 0 saturated heterocycles. The minimum absolute atomic E-state index is 0.0151. The predicted octanol–water partition coefficient (Wildman–Crippen LogP) is 1.19. The first-order chi connectivity index (χ1) is 11.5. The number of carbonyl (C=O) groups excluding carboxylic acids is 2. The largest absolute Gasteiger partial charge is 0.545 e. The lowest BCUT2D eigenvalue weighted by Crippen LogP contribution is -2.23. The Labute approximate surface area is 137 Å². The molecule has 0 bridgehead atoms. The number of aromatic carboxylic acids is 1. The highest BCUT2D eigenvalue weighted by molar-refractivity contribution is 6.02. The maximum absolute atomic E-state index is 12.3. The number of rotatable bonds is 4. The predicted molar refractivity (Wildman–Crippen MR) is 84.8 cm³/mol. The molecule has 0 saturated carbocycles. The number of hydrogen-bond donors (Lipinski definition) is 1. The summed E-state index contributed by atoms with van der Waals surface area (Å²) in [5, 5.41) is 17.7. The van der Waals surface area contributed by atoms with E-state index in [1.807, 2.05) is 30.3 Å². The van der Waals surface area contributed by atoms with E-state index in [-0.39, 0.29) is 11.4 Å². The van der Waals surface area contributed by atoms with Crippen molar-refractivity contribution in [2.75, 3.05) is 5.32 Å². The van der Waals surface area contributed by atoms with E-state index in [1.165, 1.54) is 23.1 Å². The van der Waals surface area contributed by atoms with Gasteiger partial charge in [-0.2, -0.15) is 0 Å². The van der Waals surface area contributed by atoms with E-state index in [4.69, 9.17) is 0 Å². The van der Waals surface area contributed by atoms with E-state index in [2.05, 4.69) is 15.4 Å². The van der Waals surface area contributed by atoms with Crippen LogP contribution in [0.25, 0.3) is 5.69 Å². The average molecular weight is 321 g/mol. The van der Waals surface area contributed by atoms with Crippen molar-refractivity contribution in [3.63, 3.8) is 0 Å². The van der Waals surface area contributed by atoms with Crippen LogP contribution in [0.5, 0.6) is 0 Å². The van der Waals surface area contributed by atoms with Crippen molar-refractivity contribution < 1.29 is 14.7 Å². The quantitative estimate of drug-likeness (QED) is 0.778. The molecule has 1 amide bonds. The second-order valence-electron chi connectivity index (χ2n) is 5.12. The third-order valence-corrected chi connectivity index (χ3v) is 3.44. The molecular formula is C17H13N4O3-. The second kappa shape index (κ2) is 6.33. The van der Waals surface area contributed by atoms with E-state index in [0.717, 1.165) is 11.3 Å². The summed E-state index contributed by atoms with van der Waals surface area (Å²) in [6.07, 6.45) is 1.44. The first kappa shape index (κ1) is 15.4. The number of nitrogens with one attached hydrogen (secondary N) is 1. The Morgan fingerprint density at radius 1 is 1.12 bits per heavy atom. The van der Waals surface area contributed by atoms with Gasteiger partial charge in [0.15, 0.2) is 0 Å². The molecule has 1 heterocycles. The van der Waals surface area contributed by atoms with Crippen LogP contribution >= 0.6 is 0 Å².